The number of rotatable bonds is 13. The number of aromatic nitrogens is 4. The Hall–Kier alpha value is -1.19. The van der Waals surface area contributed by atoms with E-state index in [1.807, 2.05) is 0 Å². The zero-order chi connectivity index (χ0) is 29.3. The van der Waals surface area contributed by atoms with Crippen LogP contribution in [0.3, 0.4) is 0 Å². The van der Waals surface area contributed by atoms with Crippen LogP contribution in [0.2, 0.25) is 0 Å². The minimum atomic E-state index is -5.79. The van der Waals surface area contributed by atoms with E-state index >= 15 is 0 Å². The second-order valence-electron chi connectivity index (χ2n) is 7.40. The molecule has 0 saturated carbocycles. The Morgan fingerprint density at radius 3 is 2.36 bits per heavy atom. The highest BCUT2D eigenvalue weighted by molar-refractivity contribution is 9.09. The number of aliphatic hydroxyl groups is 2. The molecule has 0 bridgehead atoms. The Labute approximate surface area is 229 Å². The monoisotopic (exact) mass is 701 g/mol. The summed E-state index contributed by atoms with van der Waals surface area (Å²) in [6, 6.07) is 0. The van der Waals surface area contributed by atoms with Crippen LogP contribution in [0.5, 0.6) is 0 Å². The number of fused-ring (bicyclic) bond motifs is 1. The number of aliphatic hydroxyl groups excluding tert-OH is 2. The molecule has 25 heteroatoms. The molecule has 0 aliphatic carbocycles. The highest BCUT2D eigenvalue weighted by Crippen LogP contribution is 2.66. The van der Waals surface area contributed by atoms with E-state index in [0.29, 0.717) is 0 Å². The van der Waals surface area contributed by atoms with Crippen LogP contribution in [-0.2, 0) is 41.2 Å². The number of Topliss-reactive ketones (excluding diaryl/α,β-unsaturated/α-hetero) is 2. The fourth-order valence-electron chi connectivity index (χ4n) is 3.07. The number of ketones is 2. The highest BCUT2D eigenvalue weighted by atomic mass is 79.9. The van der Waals surface area contributed by atoms with Crippen molar-refractivity contribution in [1.29, 1.82) is 0 Å². The fraction of sp³-hybridized carbons (Fsp3) is 0.500. The standard InChI is InChI=1S/C14H19BrN5O15P3S/c15-1-5(21)6(22)3-39-14-19-8-11(16)17-4-18-12(8)20(14)13-10(24)9(23)7(33-13)2-32-37(28,29)35-38(30,31)34-36(25,26)27/h4,7,9-10,13,23-24H,1-3H2,(H,28,29)(H,30,31)(H2,16,17,18)(H2,25,26,27)/t7-,9-,10-,13-/m1/s1. The van der Waals surface area contributed by atoms with E-state index in [1.54, 1.807) is 0 Å². The topological polar surface area (TPSA) is 313 Å². The number of phosphoric acid groups is 3. The molecular weight excluding hydrogens is 683 g/mol. The molecule has 2 unspecified atom stereocenters. The van der Waals surface area contributed by atoms with E-state index < -0.39 is 66.2 Å². The number of phosphoric ester groups is 1. The number of halogens is 1. The number of nitrogens with two attached hydrogens (primary N) is 1. The van der Waals surface area contributed by atoms with Gasteiger partial charge in [-0.05, 0) is 0 Å². The number of carbonyl (C=O) groups is 2. The lowest BCUT2D eigenvalue weighted by atomic mass is 10.1. The van der Waals surface area contributed by atoms with Gasteiger partial charge in [0.2, 0.25) is 11.6 Å². The average Bonchev–Trinajstić information content (AvgIpc) is 3.31. The van der Waals surface area contributed by atoms with E-state index in [0.717, 1.165) is 22.7 Å². The Morgan fingerprint density at radius 1 is 1.08 bits per heavy atom. The lowest BCUT2D eigenvalue weighted by Crippen LogP contribution is -2.33. The van der Waals surface area contributed by atoms with Crippen molar-refractivity contribution in [1.82, 2.24) is 19.5 Å². The van der Waals surface area contributed by atoms with Crippen LogP contribution in [0.15, 0.2) is 11.5 Å². The number of hydrogen-bond donors (Lipinski definition) is 7. The maximum atomic E-state index is 12.0. The fourth-order valence-corrected chi connectivity index (χ4v) is 7.32. The molecule has 20 nitrogen and oxygen atoms in total. The lowest BCUT2D eigenvalue weighted by Gasteiger charge is -2.19. The van der Waals surface area contributed by atoms with Gasteiger partial charge in [-0.25, -0.2) is 28.6 Å². The molecule has 0 amide bonds. The van der Waals surface area contributed by atoms with Crippen LogP contribution in [0.4, 0.5) is 5.82 Å². The van der Waals surface area contributed by atoms with Gasteiger partial charge in [0, 0.05) is 0 Å². The van der Waals surface area contributed by atoms with Crippen molar-refractivity contribution in [3.8, 4) is 0 Å². The number of thioether (sulfide) groups is 1. The zero-order valence-electron chi connectivity index (χ0n) is 18.9. The minimum Gasteiger partial charge on any atom is -0.387 e. The number of ether oxygens (including phenoxy) is 1. The van der Waals surface area contributed by atoms with Gasteiger partial charge >= 0.3 is 23.5 Å². The molecular formula is C14H19BrN5O15P3S. The summed E-state index contributed by atoms with van der Waals surface area (Å²) in [6.07, 6.45) is -5.70. The summed E-state index contributed by atoms with van der Waals surface area (Å²) in [5.74, 6) is -1.97. The van der Waals surface area contributed by atoms with E-state index in [1.165, 1.54) is 0 Å². The van der Waals surface area contributed by atoms with Crippen LogP contribution >= 0.6 is 51.2 Å². The van der Waals surface area contributed by atoms with Crippen LogP contribution in [0, 0.1) is 0 Å². The minimum absolute atomic E-state index is 0.0151. The second-order valence-corrected chi connectivity index (χ2v) is 13.3. The van der Waals surface area contributed by atoms with Gasteiger partial charge in [-0.3, -0.25) is 18.7 Å². The SMILES string of the molecule is Nc1ncnc2c1nc(SCC(=O)C(=O)CBr)n2[C@@H]1O[C@H](COP(=O)(O)OP(=O)(O)OP(=O)(O)O)[C@@H](O)[C@H]1O. The molecule has 1 saturated heterocycles. The van der Waals surface area contributed by atoms with Crippen molar-refractivity contribution < 1.29 is 71.0 Å². The molecule has 0 radical (unpaired) electrons. The van der Waals surface area contributed by atoms with Crippen LogP contribution in [0.25, 0.3) is 11.2 Å². The van der Waals surface area contributed by atoms with Crippen molar-refractivity contribution >= 4 is 79.7 Å². The van der Waals surface area contributed by atoms with Crippen molar-refractivity contribution in [2.24, 2.45) is 0 Å². The molecule has 1 aliphatic heterocycles. The van der Waals surface area contributed by atoms with Gasteiger partial charge in [0.15, 0.2) is 28.4 Å². The maximum absolute atomic E-state index is 12.0. The average molecular weight is 702 g/mol. The maximum Gasteiger partial charge on any atom is 0.490 e. The summed E-state index contributed by atoms with van der Waals surface area (Å²) in [7, 11) is -17.0. The first-order valence-electron chi connectivity index (χ1n) is 9.98. The molecule has 2 aromatic rings. The summed E-state index contributed by atoms with van der Waals surface area (Å²) in [6.45, 7) is -1.07. The Kier molecular flexibility index (Phi) is 10.2. The Morgan fingerprint density at radius 2 is 1.74 bits per heavy atom. The van der Waals surface area contributed by atoms with Gasteiger partial charge in [-0.2, -0.15) is 8.62 Å². The van der Waals surface area contributed by atoms with Gasteiger partial charge < -0.3 is 40.3 Å². The summed E-state index contributed by atoms with van der Waals surface area (Å²) >= 11 is 3.63. The molecule has 8 N–H and O–H groups in total. The van der Waals surface area contributed by atoms with Gasteiger partial charge in [0.25, 0.3) is 0 Å². The number of alkyl halides is 1. The predicted octanol–water partition coefficient (Wildman–Crippen LogP) is -1.00. The van der Waals surface area contributed by atoms with Crippen molar-refractivity contribution in [3.63, 3.8) is 0 Å². The first-order valence-corrected chi connectivity index (χ1v) is 16.6. The molecule has 39 heavy (non-hydrogen) atoms. The summed E-state index contributed by atoms with van der Waals surface area (Å²) in [5.41, 5.74) is 5.82. The van der Waals surface area contributed by atoms with Crippen LogP contribution < -0.4 is 5.73 Å². The zero-order valence-corrected chi connectivity index (χ0v) is 23.9. The molecule has 6 atom stereocenters. The van der Waals surface area contributed by atoms with Gasteiger partial charge in [-0.1, -0.05) is 27.7 Å². The molecule has 0 aromatic carbocycles. The molecule has 0 spiro atoms. The Balaban J connectivity index is 1.82. The van der Waals surface area contributed by atoms with Crippen molar-refractivity contribution in [3.05, 3.63) is 6.33 Å². The van der Waals surface area contributed by atoms with Gasteiger partial charge in [0.1, 0.15) is 24.6 Å². The van der Waals surface area contributed by atoms with E-state index in [-0.39, 0.29) is 33.2 Å². The number of anilines is 1. The van der Waals surface area contributed by atoms with Crippen molar-refractivity contribution in [2.45, 2.75) is 29.7 Å². The normalized spacial score (nSPS) is 24.9. The number of nitrogens with zero attached hydrogens (tertiary/aromatic N) is 4. The predicted molar refractivity (Wildman–Crippen MR) is 130 cm³/mol. The summed E-state index contributed by atoms with van der Waals surface area (Å²) in [4.78, 5) is 71.7. The Bertz CT molecular complexity index is 1410. The van der Waals surface area contributed by atoms with Crippen LogP contribution in [0.1, 0.15) is 6.23 Å². The molecule has 1 aliphatic rings. The third-order valence-electron chi connectivity index (χ3n) is 4.65. The van der Waals surface area contributed by atoms with Crippen molar-refractivity contribution in [2.75, 3.05) is 23.4 Å². The summed E-state index contributed by atoms with van der Waals surface area (Å²) < 4.78 is 52.6. The van der Waals surface area contributed by atoms with Crippen LogP contribution in [-0.4, -0.2) is 96.9 Å². The second kappa shape index (κ2) is 12.4. The van der Waals surface area contributed by atoms with Gasteiger partial charge in [0.05, 0.1) is 17.7 Å². The third-order valence-corrected chi connectivity index (χ3v) is 9.91. The number of hydrogen-bond acceptors (Lipinski definition) is 16. The number of carbonyl (C=O) groups excluding carboxylic acids is 2. The molecule has 3 heterocycles. The highest BCUT2D eigenvalue weighted by Gasteiger charge is 2.47. The third kappa shape index (κ3) is 8.19. The first kappa shape index (κ1) is 32.3. The quantitative estimate of drug-likeness (QED) is 0.0569. The van der Waals surface area contributed by atoms with Gasteiger partial charge in [-0.15, -0.1) is 0 Å². The summed E-state index contributed by atoms with van der Waals surface area (Å²) in [5, 5.41) is 20.8. The number of nitrogen functional groups attached to an aromatic ring is 1. The molecule has 218 valence electrons. The van der Waals surface area contributed by atoms with E-state index in [4.69, 9.17) is 20.3 Å². The lowest BCUT2D eigenvalue weighted by molar-refractivity contribution is -0.133. The smallest absolute Gasteiger partial charge is 0.387 e. The molecule has 1 fully saturated rings. The molecule has 3 rings (SSSR count). The molecule has 2 aromatic heterocycles. The number of imidazole rings is 1. The largest absolute Gasteiger partial charge is 0.490 e. The van der Waals surface area contributed by atoms with E-state index in [2.05, 4.69) is 44.0 Å². The van der Waals surface area contributed by atoms with E-state index in [9.17, 15) is 43.3 Å². The first-order chi connectivity index (χ1) is 17.9.